The smallest absolute Gasteiger partial charge is 0.0931 e. The summed E-state index contributed by atoms with van der Waals surface area (Å²) in [4.78, 5) is 1.27. The molecule has 1 aromatic rings. The number of halogens is 1. The second-order valence-electron chi connectivity index (χ2n) is 2.64. The average molecular weight is 246 g/mol. The highest BCUT2D eigenvalue weighted by atomic mass is 35.5. The lowest BCUT2D eigenvalue weighted by molar-refractivity contribution is 0.741. The monoisotopic (exact) mass is 245 g/mol. The SMILES string of the molecule is C#CCSCCNCc1ccc(Cl)s1. The topological polar surface area (TPSA) is 12.0 Å². The molecular weight excluding hydrogens is 234 g/mol. The normalized spacial score (nSPS) is 10.0. The molecule has 1 rings (SSSR count). The molecule has 14 heavy (non-hydrogen) atoms. The molecule has 4 heteroatoms. The van der Waals surface area contributed by atoms with Crippen molar-refractivity contribution in [3.8, 4) is 12.3 Å². The third-order valence-electron chi connectivity index (χ3n) is 1.54. The van der Waals surface area contributed by atoms with Gasteiger partial charge in [0.2, 0.25) is 0 Å². The van der Waals surface area contributed by atoms with Crippen molar-refractivity contribution in [2.75, 3.05) is 18.1 Å². The molecule has 1 N–H and O–H groups in total. The molecule has 0 aliphatic rings. The summed E-state index contributed by atoms with van der Waals surface area (Å²) >= 11 is 9.20. The Morgan fingerprint density at radius 3 is 3.07 bits per heavy atom. The first-order valence-electron chi connectivity index (χ1n) is 4.29. The van der Waals surface area contributed by atoms with E-state index in [0.717, 1.165) is 28.9 Å². The summed E-state index contributed by atoms with van der Waals surface area (Å²) in [6.07, 6.45) is 5.13. The zero-order chi connectivity index (χ0) is 10.2. The van der Waals surface area contributed by atoms with E-state index in [1.165, 1.54) is 4.88 Å². The molecule has 1 heterocycles. The third-order valence-corrected chi connectivity index (χ3v) is 3.63. The standard InChI is InChI=1S/C10H12ClNS2/c1-2-6-13-7-5-12-8-9-3-4-10(11)14-9/h1,3-4,12H,5-8H2. The average Bonchev–Trinajstić information content (AvgIpc) is 2.58. The van der Waals surface area contributed by atoms with Gasteiger partial charge in [0.05, 0.1) is 10.1 Å². The van der Waals surface area contributed by atoms with Crippen LogP contribution in [0.3, 0.4) is 0 Å². The van der Waals surface area contributed by atoms with Crippen LogP contribution in [0.1, 0.15) is 4.88 Å². The molecule has 0 atom stereocenters. The van der Waals surface area contributed by atoms with Crippen LogP contribution in [-0.4, -0.2) is 18.1 Å². The number of thiophene rings is 1. The molecule has 1 nitrogen and oxygen atoms in total. The Balaban J connectivity index is 2.02. The maximum Gasteiger partial charge on any atom is 0.0931 e. The maximum atomic E-state index is 5.81. The van der Waals surface area contributed by atoms with Crippen LogP contribution in [0.25, 0.3) is 0 Å². The molecule has 0 amide bonds. The predicted molar refractivity (Wildman–Crippen MR) is 67.2 cm³/mol. The minimum absolute atomic E-state index is 0.798. The lowest BCUT2D eigenvalue weighted by Crippen LogP contribution is -2.15. The van der Waals surface area contributed by atoms with Gasteiger partial charge in [-0.05, 0) is 12.1 Å². The number of thioether (sulfide) groups is 1. The van der Waals surface area contributed by atoms with Gasteiger partial charge in [0.1, 0.15) is 0 Å². The minimum atomic E-state index is 0.798. The highest BCUT2D eigenvalue weighted by Crippen LogP contribution is 2.20. The van der Waals surface area contributed by atoms with Crippen LogP contribution in [0, 0.1) is 12.3 Å². The summed E-state index contributed by atoms with van der Waals surface area (Å²) in [6.45, 7) is 1.88. The van der Waals surface area contributed by atoms with Crippen LogP contribution in [0.15, 0.2) is 12.1 Å². The second-order valence-corrected chi connectivity index (χ2v) is 5.54. The molecule has 0 unspecified atom stereocenters. The Morgan fingerprint density at radius 2 is 2.43 bits per heavy atom. The molecular formula is C10H12ClNS2. The zero-order valence-corrected chi connectivity index (χ0v) is 10.1. The van der Waals surface area contributed by atoms with E-state index in [-0.39, 0.29) is 0 Å². The number of rotatable bonds is 6. The van der Waals surface area contributed by atoms with E-state index in [4.69, 9.17) is 18.0 Å². The number of hydrogen-bond donors (Lipinski definition) is 1. The van der Waals surface area contributed by atoms with Gasteiger partial charge in [-0.25, -0.2) is 0 Å². The Bertz CT molecular complexity index is 303. The van der Waals surface area contributed by atoms with Gasteiger partial charge in [-0.3, -0.25) is 0 Å². The number of terminal acetylenes is 1. The van der Waals surface area contributed by atoms with E-state index in [1.807, 2.05) is 6.07 Å². The van der Waals surface area contributed by atoms with Crippen LogP contribution in [0.5, 0.6) is 0 Å². The fraction of sp³-hybridized carbons (Fsp3) is 0.400. The fourth-order valence-corrected chi connectivity index (χ4v) is 2.54. The van der Waals surface area contributed by atoms with E-state index in [2.05, 4.69) is 17.3 Å². The Morgan fingerprint density at radius 1 is 1.57 bits per heavy atom. The Hall–Kier alpha value is -0.140. The van der Waals surface area contributed by atoms with Gasteiger partial charge >= 0.3 is 0 Å². The molecule has 0 aliphatic carbocycles. The van der Waals surface area contributed by atoms with Crippen LogP contribution in [0.2, 0.25) is 4.34 Å². The van der Waals surface area contributed by atoms with Crippen molar-refractivity contribution in [1.82, 2.24) is 5.32 Å². The van der Waals surface area contributed by atoms with Gasteiger partial charge < -0.3 is 5.32 Å². The summed E-state index contributed by atoms with van der Waals surface area (Å²) in [5.74, 6) is 4.46. The quantitative estimate of drug-likeness (QED) is 0.611. The van der Waals surface area contributed by atoms with Gasteiger partial charge in [-0.1, -0.05) is 17.5 Å². The van der Waals surface area contributed by atoms with Crippen LogP contribution < -0.4 is 5.32 Å². The molecule has 0 aliphatic heterocycles. The largest absolute Gasteiger partial charge is 0.311 e. The van der Waals surface area contributed by atoms with Crippen molar-refractivity contribution in [1.29, 1.82) is 0 Å². The molecule has 0 saturated heterocycles. The van der Waals surface area contributed by atoms with Crippen molar-refractivity contribution in [2.24, 2.45) is 0 Å². The first-order chi connectivity index (χ1) is 6.83. The molecule has 0 bridgehead atoms. The van der Waals surface area contributed by atoms with Crippen molar-refractivity contribution < 1.29 is 0 Å². The second kappa shape index (κ2) is 7.19. The lowest BCUT2D eigenvalue weighted by Gasteiger charge is -2.00. The van der Waals surface area contributed by atoms with E-state index < -0.39 is 0 Å². The first-order valence-corrected chi connectivity index (χ1v) is 6.64. The van der Waals surface area contributed by atoms with E-state index in [9.17, 15) is 0 Å². The predicted octanol–water partition coefficient (Wildman–Crippen LogP) is 2.86. The highest BCUT2D eigenvalue weighted by molar-refractivity contribution is 7.99. The molecule has 0 saturated carbocycles. The van der Waals surface area contributed by atoms with Crippen molar-refractivity contribution >= 4 is 34.7 Å². The van der Waals surface area contributed by atoms with E-state index in [0.29, 0.717) is 0 Å². The summed E-state index contributed by atoms with van der Waals surface area (Å²) in [7, 11) is 0. The lowest BCUT2D eigenvalue weighted by atomic mass is 10.4. The first kappa shape index (κ1) is 11.9. The molecule has 0 spiro atoms. The van der Waals surface area contributed by atoms with Gasteiger partial charge in [0, 0.05) is 23.7 Å². The van der Waals surface area contributed by atoms with Gasteiger partial charge in [-0.15, -0.1) is 29.5 Å². The summed E-state index contributed by atoms with van der Waals surface area (Å²) in [6, 6.07) is 3.98. The summed E-state index contributed by atoms with van der Waals surface area (Å²) in [5.41, 5.74) is 0. The van der Waals surface area contributed by atoms with E-state index >= 15 is 0 Å². The van der Waals surface area contributed by atoms with Gasteiger partial charge in [0.15, 0.2) is 0 Å². The van der Waals surface area contributed by atoms with Crippen LogP contribution in [-0.2, 0) is 6.54 Å². The zero-order valence-electron chi connectivity index (χ0n) is 7.75. The van der Waals surface area contributed by atoms with Crippen molar-refractivity contribution in [2.45, 2.75) is 6.54 Å². The number of hydrogen-bond acceptors (Lipinski definition) is 3. The minimum Gasteiger partial charge on any atom is -0.311 e. The fourth-order valence-electron chi connectivity index (χ4n) is 0.934. The molecule has 76 valence electrons. The maximum absolute atomic E-state index is 5.81. The van der Waals surface area contributed by atoms with E-state index in [1.54, 1.807) is 23.1 Å². The third kappa shape index (κ3) is 4.92. The molecule has 1 aromatic heterocycles. The molecule has 0 fully saturated rings. The molecule has 0 aromatic carbocycles. The number of nitrogens with one attached hydrogen (secondary N) is 1. The highest BCUT2D eigenvalue weighted by Gasteiger charge is 1.96. The summed E-state index contributed by atoms with van der Waals surface area (Å²) < 4.78 is 0.850. The van der Waals surface area contributed by atoms with Gasteiger partial charge in [-0.2, -0.15) is 0 Å². The van der Waals surface area contributed by atoms with Crippen LogP contribution >= 0.6 is 34.7 Å². The van der Waals surface area contributed by atoms with Crippen molar-refractivity contribution in [3.63, 3.8) is 0 Å². The molecule has 0 radical (unpaired) electrons. The van der Waals surface area contributed by atoms with Crippen molar-refractivity contribution in [3.05, 3.63) is 21.3 Å². The van der Waals surface area contributed by atoms with Crippen LogP contribution in [0.4, 0.5) is 0 Å². The summed E-state index contributed by atoms with van der Waals surface area (Å²) in [5, 5.41) is 3.34. The Kier molecular flexibility index (Phi) is 6.13. The van der Waals surface area contributed by atoms with Gasteiger partial charge in [0.25, 0.3) is 0 Å². The Labute approximate surface area is 98.2 Å².